The lowest BCUT2D eigenvalue weighted by Crippen LogP contribution is -2.25. The lowest BCUT2D eigenvalue weighted by atomic mass is 10.3. The number of benzene rings is 2. The van der Waals surface area contributed by atoms with E-state index in [2.05, 4.69) is 10.6 Å². The second-order valence-electron chi connectivity index (χ2n) is 5.42. The second kappa shape index (κ2) is 10.5. The summed E-state index contributed by atoms with van der Waals surface area (Å²) >= 11 is 6.03. The predicted molar refractivity (Wildman–Crippen MR) is 103 cm³/mol. The highest BCUT2D eigenvalue weighted by atomic mass is 35.5. The molecule has 0 aliphatic heterocycles. The number of carbonyl (C=O) groups excluding carboxylic acids is 1. The number of amides is 1. The third kappa shape index (κ3) is 6.46. The fourth-order valence-corrected chi connectivity index (χ4v) is 2.47. The Balaban J connectivity index is 1.60. The number of halogens is 1. The van der Waals surface area contributed by atoms with Crippen LogP contribution in [-0.2, 0) is 4.79 Å². The van der Waals surface area contributed by atoms with E-state index in [1.54, 1.807) is 32.4 Å². The number of nitrogens with one attached hydrogen (secondary N) is 2. The summed E-state index contributed by atoms with van der Waals surface area (Å²) in [6.45, 7) is 1.72. The number of hydrogen-bond donors (Lipinski definition) is 2. The van der Waals surface area contributed by atoms with Gasteiger partial charge in [0.1, 0.15) is 23.9 Å². The van der Waals surface area contributed by atoms with E-state index in [1.807, 2.05) is 24.3 Å². The van der Waals surface area contributed by atoms with Crippen molar-refractivity contribution in [2.24, 2.45) is 0 Å². The number of methoxy groups -OCH3 is 2. The van der Waals surface area contributed by atoms with Gasteiger partial charge in [-0.1, -0.05) is 11.6 Å². The SMILES string of the molecule is COc1ccc(OCCNCCC(=O)Nc2ccc(OC)c(Cl)c2)cc1. The molecule has 0 unspecified atom stereocenters. The molecule has 0 aliphatic carbocycles. The number of hydrogen-bond acceptors (Lipinski definition) is 5. The van der Waals surface area contributed by atoms with Gasteiger partial charge in [0.05, 0.1) is 19.2 Å². The van der Waals surface area contributed by atoms with Crippen LogP contribution in [0.25, 0.3) is 0 Å². The van der Waals surface area contributed by atoms with Crippen LogP contribution < -0.4 is 24.8 Å². The first-order valence-corrected chi connectivity index (χ1v) is 8.61. The molecule has 0 saturated heterocycles. The zero-order valence-electron chi connectivity index (χ0n) is 14.9. The average Bonchev–Trinajstić information content (AvgIpc) is 2.65. The van der Waals surface area contributed by atoms with Crippen molar-refractivity contribution in [3.8, 4) is 17.2 Å². The van der Waals surface area contributed by atoms with Crippen LogP contribution in [-0.4, -0.2) is 39.8 Å². The van der Waals surface area contributed by atoms with Gasteiger partial charge in [0.25, 0.3) is 0 Å². The van der Waals surface area contributed by atoms with Crippen LogP contribution in [0.5, 0.6) is 17.2 Å². The summed E-state index contributed by atoms with van der Waals surface area (Å²) in [5.41, 5.74) is 0.642. The summed E-state index contributed by atoms with van der Waals surface area (Å²) in [5.74, 6) is 2.05. The maximum absolute atomic E-state index is 11.9. The summed E-state index contributed by atoms with van der Waals surface area (Å²) in [5, 5.41) is 6.42. The van der Waals surface area contributed by atoms with Crippen molar-refractivity contribution in [2.45, 2.75) is 6.42 Å². The molecule has 2 N–H and O–H groups in total. The molecule has 2 rings (SSSR count). The molecule has 0 aromatic heterocycles. The van der Waals surface area contributed by atoms with E-state index in [1.165, 1.54) is 0 Å². The number of anilines is 1. The molecule has 2 aromatic carbocycles. The van der Waals surface area contributed by atoms with Gasteiger partial charge in [-0.25, -0.2) is 0 Å². The normalized spacial score (nSPS) is 10.3. The predicted octanol–water partition coefficient (Wildman–Crippen LogP) is 3.35. The average molecular weight is 379 g/mol. The molecule has 0 spiro atoms. The monoisotopic (exact) mass is 378 g/mol. The van der Waals surface area contributed by atoms with E-state index in [0.717, 1.165) is 11.5 Å². The van der Waals surface area contributed by atoms with E-state index in [9.17, 15) is 4.79 Å². The van der Waals surface area contributed by atoms with E-state index in [0.29, 0.717) is 42.6 Å². The summed E-state index contributed by atoms with van der Waals surface area (Å²) < 4.78 is 15.8. The van der Waals surface area contributed by atoms with Gasteiger partial charge in [0.2, 0.25) is 5.91 Å². The van der Waals surface area contributed by atoms with E-state index in [4.69, 9.17) is 25.8 Å². The molecular weight excluding hydrogens is 356 g/mol. The maximum Gasteiger partial charge on any atom is 0.225 e. The highest BCUT2D eigenvalue weighted by molar-refractivity contribution is 6.32. The molecule has 7 heteroatoms. The Bertz CT molecular complexity index is 707. The van der Waals surface area contributed by atoms with Gasteiger partial charge in [-0.2, -0.15) is 0 Å². The Morgan fingerprint density at radius 2 is 1.73 bits per heavy atom. The lowest BCUT2D eigenvalue weighted by molar-refractivity contribution is -0.116. The van der Waals surface area contributed by atoms with Gasteiger partial charge in [-0.05, 0) is 42.5 Å². The van der Waals surface area contributed by atoms with Gasteiger partial charge < -0.3 is 24.8 Å². The largest absolute Gasteiger partial charge is 0.497 e. The molecule has 0 aliphatic rings. The van der Waals surface area contributed by atoms with Gasteiger partial charge in [-0.3, -0.25) is 4.79 Å². The van der Waals surface area contributed by atoms with Crippen molar-refractivity contribution in [1.82, 2.24) is 5.32 Å². The van der Waals surface area contributed by atoms with Gasteiger partial charge in [0, 0.05) is 25.2 Å². The van der Waals surface area contributed by atoms with Gasteiger partial charge in [-0.15, -0.1) is 0 Å². The first-order valence-electron chi connectivity index (χ1n) is 8.23. The van der Waals surface area contributed by atoms with Crippen LogP contribution in [0, 0.1) is 0 Å². The summed E-state index contributed by atoms with van der Waals surface area (Å²) in [6.07, 6.45) is 0.353. The third-order valence-electron chi connectivity index (χ3n) is 3.57. The van der Waals surface area contributed by atoms with Crippen LogP contribution in [0.4, 0.5) is 5.69 Å². The van der Waals surface area contributed by atoms with Crippen molar-refractivity contribution in [3.63, 3.8) is 0 Å². The Labute approximate surface area is 158 Å². The molecule has 6 nitrogen and oxygen atoms in total. The molecular formula is C19H23ClN2O4. The van der Waals surface area contributed by atoms with E-state index in [-0.39, 0.29) is 5.91 Å². The first-order chi connectivity index (χ1) is 12.6. The zero-order valence-corrected chi connectivity index (χ0v) is 15.6. The number of ether oxygens (including phenoxy) is 3. The fraction of sp³-hybridized carbons (Fsp3) is 0.316. The molecule has 2 aromatic rings. The minimum Gasteiger partial charge on any atom is -0.497 e. The van der Waals surface area contributed by atoms with Crippen molar-refractivity contribution in [1.29, 1.82) is 0 Å². The topological polar surface area (TPSA) is 68.8 Å². The smallest absolute Gasteiger partial charge is 0.225 e. The lowest BCUT2D eigenvalue weighted by Gasteiger charge is -2.09. The van der Waals surface area contributed by atoms with Crippen LogP contribution in [0.3, 0.4) is 0 Å². The molecule has 0 atom stereocenters. The molecule has 0 radical (unpaired) electrons. The van der Waals surface area contributed by atoms with E-state index < -0.39 is 0 Å². The number of rotatable bonds is 10. The maximum atomic E-state index is 11.9. The van der Waals surface area contributed by atoms with Crippen molar-refractivity contribution in [2.75, 3.05) is 39.2 Å². The standard InChI is InChI=1S/C19H23ClN2O4/c1-24-15-4-6-16(7-5-15)26-12-11-21-10-9-19(23)22-14-3-8-18(25-2)17(20)13-14/h3-8,13,21H,9-12H2,1-2H3,(H,22,23). The van der Waals surface area contributed by atoms with Crippen molar-refractivity contribution >= 4 is 23.2 Å². The zero-order chi connectivity index (χ0) is 18.8. The minimum absolute atomic E-state index is 0.0881. The molecule has 0 bridgehead atoms. The highest BCUT2D eigenvalue weighted by Gasteiger charge is 2.05. The van der Waals surface area contributed by atoms with Gasteiger partial charge in [0.15, 0.2) is 0 Å². The Kier molecular flexibility index (Phi) is 8.05. The van der Waals surface area contributed by atoms with Crippen LogP contribution in [0.1, 0.15) is 6.42 Å². The fourth-order valence-electron chi connectivity index (χ4n) is 2.21. The van der Waals surface area contributed by atoms with Crippen molar-refractivity contribution in [3.05, 3.63) is 47.5 Å². The van der Waals surface area contributed by atoms with Crippen LogP contribution in [0.2, 0.25) is 5.02 Å². The molecule has 26 heavy (non-hydrogen) atoms. The Morgan fingerprint density at radius 3 is 2.38 bits per heavy atom. The van der Waals surface area contributed by atoms with Crippen molar-refractivity contribution < 1.29 is 19.0 Å². The first kappa shape index (κ1) is 19.9. The second-order valence-corrected chi connectivity index (χ2v) is 5.83. The summed E-state index contributed by atoms with van der Waals surface area (Å²) in [7, 11) is 3.17. The number of carbonyl (C=O) groups is 1. The Morgan fingerprint density at radius 1 is 1.00 bits per heavy atom. The van der Waals surface area contributed by atoms with Gasteiger partial charge >= 0.3 is 0 Å². The van der Waals surface area contributed by atoms with E-state index >= 15 is 0 Å². The molecule has 0 saturated carbocycles. The highest BCUT2D eigenvalue weighted by Crippen LogP contribution is 2.27. The molecule has 0 fully saturated rings. The molecule has 1 amide bonds. The third-order valence-corrected chi connectivity index (χ3v) is 3.87. The molecule has 140 valence electrons. The quantitative estimate of drug-likeness (QED) is 0.620. The minimum atomic E-state index is -0.0881. The Hall–Kier alpha value is -2.44. The summed E-state index contributed by atoms with van der Waals surface area (Å²) in [6, 6.07) is 12.5. The van der Waals surface area contributed by atoms with Crippen LogP contribution in [0.15, 0.2) is 42.5 Å². The van der Waals surface area contributed by atoms with Crippen LogP contribution >= 0.6 is 11.6 Å². The molecule has 0 heterocycles. The summed E-state index contributed by atoms with van der Waals surface area (Å²) in [4.78, 5) is 11.9.